The minimum Gasteiger partial charge on any atom is -0.530 e. The third-order valence-corrected chi connectivity index (χ3v) is 8.04. The van der Waals surface area contributed by atoms with Gasteiger partial charge >= 0.3 is 6.09 Å². The van der Waals surface area contributed by atoms with E-state index in [4.69, 9.17) is 4.74 Å². The van der Waals surface area contributed by atoms with Gasteiger partial charge in [-0.15, -0.1) is 0 Å². The van der Waals surface area contributed by atoms with E-state index < -0.39 is 29.4 Å². The number of nitrogens with zero attached hydrogens (tertiary/aromatic N) is 3. The molecule has 0 radical (unpaired) electrons. The summed E-state index contributed by atoms with van der Waals surface area (Å²) < 4.78 is 5.26. The van der Waals surface area contributed by atoms with E-state index in [1.807, 2.05) is 102 Å². The topological polar surface area (TPSA) is 143 Å². The first-order chi connectivity index (χ1) is 23.5. The van der Waals surface area contributed by atoms with Gasteiger partial charge in [-0.2, -0.15) is 0 Å². The Balaban J connectivity index is 1.99. The Hall–Kier alpha value is -4.12. The molecule has 278 valence electrons. The number of hydrogen-bond donors (Lipinski definition) is 2. The molecule has 0 fully saturated rings. The van der Waals surface area contributed by atoms with Crippen molar-refractivity contribution in [1.82, 2.24) is 20.0 Å². The van der Waals surface area contributed by atoms with E-state index in [2.05, 4.69) is 5.32 Å². The fourth-order valence-electron chi connectivity index (χ4n) is 5.51. The predicted molar refractivity (Wildman–Crippen MR) is 193 cm³/mol. The molecule has 1 unspecified atom stereocenters. The summed E-state index contributed by atoms with van der Waals surface area (Å²) in [6.45, 7) is 12.5. The van der Waals surface area contributed by atoms with Gasteiger partial charge < -0.3 is 39.8 Å². The van der Waals surface area contributed by atoms with Crippen LogP contribution in [-0.2, 0) is 27.4 Å². The fourth-order valence-corrected chi connectivity index (χ4v) is 5.51. The van der Waals surface area contributed by atoms with E-state index in [1.165, 1.54) is 4.90 Å². The summed E-state index contributed by atoms with van der Waals surface area (Å²) in [7, 11) is 0. The minimum atomic E-state index is -1.20. The molecule has 0 bridgehead atoms. The quantitative estimate of drug-likeness (QED) is 0.174. The number of benzene rings is 2. The second-order valence-electron chi connectivity index (χ2n) is 14.8. The molecule has 4 amide bonds. The average Bonchev–Trinajstić information content (AvgIpc) is 3.02. The van der Waals surface area contributed by atoms with Crippen LogP contribution in [0.15, 0.2) is 60.7 Å². The monoisotopic (exact) mass is 695 g/mol. The molecular weight excluding hydrogens is 636 g/mol. The Morgan fingerprint density at radius 1 is 0.720 bits per heavy atom. The summed E-state index contributed by atoms with van der Waals surface area (Å²) in [6.07, 6.45) is 1.85. The third-order valence-electron chi connectivity index (χ3n) is 8.04. The zero-order chi connectivity index (χ0) is 37.2. The lowest BCUT2D eigenvalue weighted by Crippen LogP contribution is -2.51. The maximum absolute atomic E-state index is 13.5. The molecule has 2 aromatic carbocycles. The molecular formula is C39H59N4O7-. The van der Waals surface area contributed by atoms with Crippen LogP contribution in [0.1, 0.15) is 104 Å². The number of carbonyl (C=O) groups excluding carboxylic acids is 4. The lowest BCUT2D eigenvalue weighted by Gasteiger charge is -2.38. The number of aliphatic hydroxyl groups is 1. The molecule has 11 heteroatoms. The summed E-state index contributed by atoms with van der Waals surface area (Å²) in [5, 5.41) is 25.6. The lowest BCUT2D eigenvalue weighted by molar-refractivity contribution is -0.270. The van der Waals surface area contributed by atoms with Gasteiger partial charge in [0.15, 0.2) is 0 Å². The first kappa shape index (κ1) is 42.0. The highest BCUT2D eigenvalue weighted by Gasteiger charge is 2.24. The predicted octanol–water partition coefficient (Wildman–Crippen LogP) is 5.49. The van der Waals surface area contributed by atoms with Crippen molar-refractivity contribution in [2.24, 2.45) is 0 Å². The van der Waals surface area contributed by atoms with Gasteiger partial charge in [0.05, 0.1) is 6.10 Å². The Bertz CT molecular complexity index is 1310. The molecule has 0 aliphatic carbocycles. The highest BCUT2D eigenvalue weighted by atomic mass is 16.6. The molecule has 2 rings (SSSR count). The largest absolute Gasteiger partial charge is 0.530 e. The smallest absolute Gasteiger partial charge is 0.407 e. The van der Waals surface area contributed by atoms with Crippen molar-refractivity contribution in [2.45, 2.75) is 123 Å². The van der Waals surface area contributed by atoms with Crippen molar-refractivity contribution in [1.29, 1.82) is 0 Å². The number of nitrogens with one attached hydrogen (secondary N) is 1. The van der Waals surface area contributed by atoms with Crippen LogP contribution in [0.4, 0.5) is 9.59 Å². The maximum Gasteiger partial charge on any atom is 0.407 e. The molecule has 0 aliphatic rings. The number of unbranched alkanes of at least 4 members (excludes halogenated alkanes) is 4. The number of amides is 4. The van der Waals surface area contributed by atoms with Crippen molar-refractivity contribution in [3.05, 3.63) is 71.8 Å². The molecule has 0 saturated carbocycles. The summed E-state index contributed by atoms with van der Waals surface area (Å²) >= 11 is 0. The maximum atomic E-state index is 13.5. The van der Waals surface area contributed by atoms with Crippen molar-refractivity contribution in [3.8, 4) is 0 Å². The van der Waals surface area contributed by atoms with Gasteiger partial charge in [0.25, 0.3) is 0 Å². The Morgan fingerprint density at radius 3 is 1.60 bits per heavy atom. The van der Waals surface area contributed by atoms with E-state index in [0.717, 1.165) is 17.5 Å². The molecule has 2 N–H and O–H groups in total. The van der Waals surface area contributed by atoms with E-state index in [0.29, 0.717) is 64.7 Å². The first-order valence-corrected chi connectivity index (χ1v) is 17.8. The van der Waals surface area contributed by atoms with E-state index >= 15 is 0 Å². The fraction of sp³-hybridized carbons (Fsp3) is 0.590. The van der Waals surface area contributed by atoms with Crippen LogP contribution < -0.4 is 10.4 Å². The van der Waals surface area contributed by atoms with Gasteiger partial charge in [-0.3, -0.25) is 9.59 Å². The zero-order valence-electron chi connectivity index (χ0n) is 31.0. The normalized spacial score (nSPS) is 12.1. The number of carbonyl (C=O) groups is 4. The zero-order valence-corrected chi connectivity index (χ0v) is 31.0. The van der Waals surface area contributed by atoms with Crippen molar-refractivity contribution in [3.63, 3.8) is 0 Å². The molecule has 2 aromatic rings. The Kier molecular flexibility index (Phi) is 17.8. The van der Waals surface area contributed by atoms with Crippen molar-refractivity contribution in [2.75, 3.05) is 26.2 Å². The lowest BCUT2D eigenvalue weighted by atomic mass is 10.1. The standard InChI is InChI=1S/C39H60N4O7/c1-38(2,3)43(37(48)49)26-18-10-16-24-35(46)42(28-32-21-13-8-14-22-32)30-33(44)29-41(27-31-19-11-7-12-20-31)34(45)23-15-9-17-25-40-36(47)50-39(4,5)6/h7-8,11-14,19-22,33,44H,9-10,15-18,23-30H2,1-6H3,(H,40,47)(H,48,49)/p-1. The van der Waals surface area contributed by atoms with Crippen LogP contribution in [0.25, 0.3) is 0 Å². The van der Waals surface area contributed by atoms with Crippen LogP contribution in [0, 0.1) is 0 Å². The van der Waals surface area contributed by atoms with Gasteiger partial charge in [-0.1, -0.05) is 73.5 Å². The molecule has 0 spiro atoms. The third kappa shape index (κ3) is 17.5. The van der Waals surface area contributed by atoms with Gasteiger partial charge in [0.2, 0.25) is 11.8 Å². The second kappa shape index (κ2) is 21.2. The van der Waals surface area contributed by atoms with Gasteiger partial charge in [-0.05, 0) is 78.4 Å². The molecule has 11 nitrogen and oxygen atoms in total. The summed E-state index contributed by atoms with van der Waals surface area (Å²) in [4.78, 5) is 54.9. The minimum absolute atomic E-state index is 0.0606. The Morgan fingerprint density at radius 2 is 1.18 bits per heavy atom. The number of aliphatic hydroxyl groups excluding tert-OH is 1. The van der Waals surface area contributed by atoms with Crippen LogP contribution in [-0.4, -0.2) is 87.2 Å². The van der Waals surface area contributed by atoms with Crippen LogP contribution >= 0.6 is 0 Å². The van der Waals surface area contributed by atoms with Crippen molar-refractivity contribution >= 4 is 24.0 Å². The van der Waals surface area contributed by atoms with Crippen LogP contribution in [0.3, 0.4) is 0 Å². The molecule has 0 aromatic heterocycles. The highest BCUT2D eigenvalue weighted by molar-refractivity contribution is 5.77. The van der Waals surface area contributed by atoms with Gasteiger partial charge in [-0.25, -0.2) is 4.79 Å². The summed E-state index contributed by atoms with van der Waals surface area (Å²) in [6, 6.07) is 19.2. The first-order valence-electron chi connectivity index (χ1n) is 17.8. The number of hydrogen-bond acceptors (Lipinski definition) is 7. The van der Waals surface area contributed by atoms with Crippen LogP contribution in [0.2, 0.25) is 0 Å². The van der Waals surface area contributed by atoms with Gasteiger partial charge in [0, 0.05) is 57.6 Å². The van der Waals surface area contributed by atoms with E-state index in [9.17, 15) is 29.4 Å². The van der Waals surface area contributed by atoms with E-state index in [1.54, 1.807) is 9.80 Å². The molecule has 50 heavy (non-hydrogen) atoms. The molecule has 1 atom stereocenters. The molecule has 0 aliphatic heterocycles. The number of rotatable bonds is 20. The number of carboxylic acid groups (broad SMARTS) is 1. The summed E-state index contributed by atoms with van der Waals surface area (Å²) in [5.41, 5.74) is 0.748. The second-order valence-corrected chi connectivity index (χ2v) is 14.8. The van der Waals surface area contributed by atoms with E-state index in [-0.39, 0.29) is 31.3 Å². The van der Waals surface area contributed by atoms with Crippen molar-refractivity contribution < 1.29 is 34.1 Å². The number of ether oxygens (including phenoxy) is 1. The Labute approximate surface area is 299 Å². The van der Waals surface area contributed by atoms with Gasteiger partial charge in [0.1, 0.15) is 11.7 Å². The van der Waals surface area contributed by atoms with Crippen LogP contribution in [0.5, 0.6) is 0 Å². The number of alkyl carbamates (subject to hydrolysis) is 1. The SMILES string of the molecule is CC(C)(C)OC(=O)NCCCCCC(=O)N(Cc1ccccc1)CC(O)CN(Cc1ccccc1)C(=O)CCCCCN(C(=O)[O-])C(C)(C)C. The molecule has 0 heterocycles. The summed E-state index contributed by atoms with van der Waals surface area (Å²) in [5.74, 6) is -0.198. The average molecular weight is 696 g/mol. The molecule has 0 saturated heterocycles. The highest BCUT2D eigenvalue weighted by Crippen LogP contribution is 2.16.